The van der Waals surface area contributed by atoms with Crippen molar-refractivity contribution in [2.45, 2.75) is 0 Å². The highest BCUT2D eigenvalue weighted by atomic mass is 127. The smallest absolute Gasteiger partial charge is 0.138 e. The SMILES string of the molecule is C=Cc1ccn2c(I)cnc2c1. The van der Waals surface area contributed by atoms with Gasteiger partial charge >= 0.3 is 0 Å². The number of pyridine rings is 1. The highest BCUT2D eigenvalue weighted by Crippen LogP contribution is 2.11. The van der Waals surface area contributed by atoms with Crippen LogP contribution in [0.5, 0.6) is 0 Å². The maximum atomic E-state index is 4.23. The molecule has 0 N–H and O–H groups in total. The molecule has 60 valence electrons. The molecule has 0 spiro atoms. The second-order valence-corrected chi connectivity index (χ2v) is 3.58. The summed E-state index contributed by atoms with van der Waals surface area (Å²) in [6, 6.07) is 4.03. The van der Waals surface area contributed by atoms with E-state index in [0.717, 1.165) is 14.9 Å². The van der Waals surface area contributed by atoms with Gasteiger partial charge in [0.15, 0.2) is 0 Å². The summed E-state index contributed by atoms with van der Waals surface area (Å²) in [6.07, 6.45) is 5.67. The van der Waals surface area contributed by atoms with Gasteiger partial charge in [-0.05, 0) is 40.3 Å². The van der Waals surface area contributed by atoms with Crippen LogP contribution in [-0.2, 0) is 0 Å². The van der Waals surface area contributed by atoms with Crippen LogP contribution >= 0.6 is 22.6 Å². The van der Waals surface area contributed by atoms with Crippen molar-refractivity contribution in [2.75, 3.05) is 0 Å². The fourth-order valence-corrected chi connectivity index (χ4v) is 1.64. The van der Waals surface area contributed by atoms with Crippen LogP contribution in [0.25, 0.3) is 11.7 Å². The molecule has 0 bridgehead atoms. The van der Waals surface area contributed by atoms with E-state index in [1.165, 1.54) is 0 Å². The van der Waals surface area contributed by atoms with Crippen molar-refractivity contribution in [3.63, 3.8) is 0 Å². The monoisotopic (exact) mass is 270 g/mol. The van der Waals surface area contributed by atoms with Crippen molar-refractivity contribution in [2.24, 2.45) is 0 Å². The van der Waals surface area contributed by atoms with Crippen LogP contribution in [0.1, 0.15) is 5.56 Å². The molecule has 0 aromatic carbocycles. The Morgan fingerprint density at radius 1 is 1.58 bits per heavy atom. The Labute approximate surface area is 84.1 Å². The van der Waals surface area contributed by atoms with Gasteiger partial charge in [-0.15, -0.1) is 0 Å². The van der Waals surface area contributed by atoms with Crippen LogP contribution in [0.15, 0.2) is 31.1 Å². The Balaban J connectivity index is 2.77. The first-order valence-corrected chi connectivity index (χ1v) is 4.64. The lowest BCUT2D eigenvalue weighted by molar-refractivity contribution is 1.15. The molecule has 2 nitrogen and oxygen atoms in total. The summed E-state index contributed by atoms with van der Waals surface area (Å²) in [5.41, 5.74) is 2.07. The summed E-state index contributed by atoms with van der Waals surface area (Å²) >= 11 is 2.25. The van der Waals surface area contributed by atoms with Gasteiger partial charge in [0.05, 0.1) is 6.20 Å². The predicted octanol–water partition coefficient (Wildman–Crippen LogP) is 2.58. The first-order valence-electron chi connectivity index (χ1n) is 3.56. The number of fused-ring (bicyclic) bond motifs is 1. The molecule has 0 aliphatic rings. The molecule has 0 fully saturated rings. The molecule has 0 aliphatic carbocycles. The standard InChI is InChI=1S/C9H7IN2/c1-2-7-3-4-12-8(10)6-11-9(12)5-7/h2-6H,1H2. The lowest BCUT2D eigenvalue weighted by Crippen LogP contribution is -1.86. The van der Waals surface area contributed by atoms with Gasteiger partial charge in [-0.3, -0.25) is 4.40 Å². The summed E-state index contributed by atoms with van der Waals surface area (Å²) in [5.74, 6) is 0. The second kappa shape index (κ2) is 2.90. The summed E-state index contributed by atoms with van der Waals surface area (Å²) in [7, 11) is 0. The van der Waals surface area contributed by atoms with Crippen molar-refractivity contribution < 1.29 is 0 Å². The molecule has 0 atom stereocenters. The van der Waals surface area contributed by atoms with E-state index in [-0.39, 0.29) is 0 Å². The number of rotatable bonds is 1. The predicted molar refractivity (Wildman–Crippen MR) is 58.0 cm³/mol. The third-order valence-corrected chi connectivity index (χ3v) is 2.53. The average Bonchev–Trinajstić information content (AvgIpc) is 2.47. The highest BCUT2D eigenvalue weighted by Gasteiger charge is 1.98. The number of hydrogen-bond acceptors (Lipinski definition) is 1. The summed E-state index contributed by atoms with van der Waals surface area (Å²) in [6.45, 7) is 3.71. The molecule has 0 radical (unpaired) electrons. The summed E-state index contributed by atoms with van der Waals surface area (Å²) < 4.78 is 3.16. The molecule has 0 saturated carbocycles. The number of aromatic nitrogens is 2. The zero-order valence-electron chi connectivity index (χ0n) is 6.37. The fourth-order valence-electron chi connectivity index (χ4n) is 1.09. The van der Waals surface area contributed by atoms with Gasteiger partial charge in [-0.1, -0.05) is 12.7 Å². The topological polar surface area (TPSA) is 17.3 Å². The molecule has 0 saturated heterocycles. The van der Waals surface area contributed by atoms with Gasteiger partial charge < -0.3 is 0 Å². The van der Waals surface area contributed by atoms with Gasteiger partial charge in [0.2, 0.25) is 0 Å². The van der Waals surface area contributed by atoms with Crippen molar-refractivity contribution in [3.8, 4) is 0 Å². The van der Waals surface area contributed by atoms with Gasteiger partial charge in [-0.25, -0.2) is 4.98 Å². The first-order chi connectivity index (χ1) is 5.81. The minimum absolute atomic E-state index is 0.969. The molecular formula is C9H7IN2. The van der Waals surface area contributed by atoms with Crippen molar-refractivity contribution in [3.05, 3.63) is 40.4 Å². The maximum Gasteiger partial charge on any atom is 0.138 e. The van der Waals surface area contributed by atoms with Crippen LogP contribution in [-0.4, -0.2) is 9.38 Å². The number of nitrogens with zero attached hydrogens (tertiary/aromatic N) is 2. The van der Waals surface area contributed by atoms with Crippen molar-refractivity contribution in [1.82, 2.24) is 9.38 Å². The van der Waals surface area contributed by atoms with Gasteiger partial charge in [0, 0.05) is 6.20 Å². The number of hydrogen-bond donors (Lipinski definition) is 0. The van der Waals surface area contributed by atoms with Crippen LogP contribution in [0.3, 0.4) is 0 Å². The zero-order valence-corrected chi connectivity index (χ0v) is 8.52. The maximum absolute atomic E-state index is 4.23. The normalized spacial score (nSPS) is 10.4. The third kappa shape index (κ3) is 1.14. The van der Waals surface area contributed by atoms with Crippen molar-refractivity contribution >= 4 is 34.3 Å². The van der Waals surface area contributed by atoms with E-state index in [1.807, 2.05) is 35.0 Å². The van der Waals surface area contributed by atoms with Crippen LogP contribution in [0.4, 0.5) is 0 Å². The van der Waals surface area contributed by atoms with E-state index in [2.05, 4.69) is 34.2 Å². The number of imidazole rings is 1. The van der Waals surface area contributed by atoms with Crippen LogP contribution < -0.4 is 0 Å². The summed E-state index contributed by atoms with van der Waals surface area (Å²) in [4.78, 5) is 4.23. The van der Waals surface area contributed by atoms with Crippen molar-refractivity contribution in [1.29, 1.82) is 0 Å². The molecule has 12 heavy (non-hydrogen) atoms. The highest BCUT2D eigenvalue weighted by molar-refractivity contribution is 14.1. The molecular weight excluding hydrogens is 263 g/mol. The van der Waals surface area contributed by atoms with E-state index in [0.29, 0.717) is 0 Å². The Kier molecular flexibility index (Phi) is 1.88. The van der Waals surface area contributed by atoms with E-state index in [9.17, 15) is 0 Å². The molecule has 2 aromatic rings. The van der Waals surface area contributed by atoms with E-state index >= 15 is 0 Å². The quantitative estimate of drug-likeness (QED) is 0.728. The zero-order chi connectivity index (χ0) is 8.55. The molecule has 0 unspecified atom stereocenters. The molecule has 0 aliphatic heterocycles. The molecule has 2 heterocycles. The fraction of sp³-hybridized carbons (Fsp3) is 0. The minimum atomic E-state index is 0.969. The third-order valence-electron chi connectivity index (χ3n) is 1.73. The Morgan fingerprint density at radius 3 is 3.17 bits per heavy atom. The number of halogens is 1. The second-order valence-electron chi connectivity index (χ2n) is 2.47. The van der Waals surface area contributed by atoms with Crippen LogP contribution in [0.2, 0.25) is 0 Å². The van der Waals surface area contributed by atoms with Gasteiger partial charge in [-0.2, -0.15) is 0 Å². The molecule has 2 rings (SSSR count). The van der Waals surface area contributed by atoms with E-state index < -0.39 is 0 Å². The van der Waals surface area contributed by atoms with E-state index in [1.54, 1.807) is 0 Å². The Bertz CT molecular complexity index is 431. The first kappa shape index (κ1) is 7.79. The average molecular weight is 270 g/mol. The lowest BCUT2D eigenvalue weighted by Gasteiger charge is -1.95. The largest absolute Gasteiger partial charge is 0.295 e. The molecule has 2 aromatic heterocycles. The summed E-state index contributed by atoms with van der Waals surface area (Å²) in [5, 5.41) is 0. The minimum Gasteiger partial charge on any atom is -0.295 e. The van der Waals surface area contributed by atoms with E-state index in [4.69, 9.17) is 0 Å². The van der Waals surface area contributed by atoms with Gasteiger partial charge in [0.1, 0.15) is 9.35 Å². The Hall–Kier alpha value is -0.840. The molecule has 3 heteroatoms. The molecule has 0 amide bonds. The van der Waals surface area contributed by atoms with Gasteiger partial charge in [0.25, 0.3) is 0 Å². The lowest BCUT2D eigenvalue weighted by atomic mass is 10.3. The Morgan fingerprint density at radius 2 is 2.42 bits per heavy atom. The van der Waals surface area contributed by atoms with Crippen LogP contribution in [0, 0.1) is 3.70 Å².